The molecular weight excluding hydrogens is 288 g/mol. The van der Waals surface area contributed by atoms with Crippen LogP contribution in [0.4, 0.5) is 10.6 Å². The molecule has 5 nitrogen and oxygen atoms in total. The second kappa shape index (κ2) is 6.44. The van der Waals surface area contributed by atoms with Gasteiger partial charge in [-0.3, -0.25) is 0 Å². The fraction of sp³-hybridized carbons (Fsp3) is 0.444. The molecule has 0 N–H and O–H groups in total. The number of urea groups is 1. The molecule has 0 saturated carbocycles. The highest BCUT2D eigenvalue weighted by Crippen LogP contribution is 2.27. The summed E-state index contributed by atoms with van der Waals surface area (Å²) in [5.41, 5.74) is 0. The SMILES string of the molecule is CN(C)C(=O)N(C)C1CCCN(c2nccc3ccccc23)C1. The average Bonchev–Trinajstić information content (AvgIpc) is 2.60. The van der Waals surface area contributed by atoms with Crippen LogP contribution in [0.25, 0.3) is 10.8 Å². The Balaban J connectivity index is 1.84. The van der Waals surface area contributed by atoms with E-state index < -0.39 is 0 Å². The monoisotopic (exact) mass is 312 g/mol. The number of rotatable bonds is 2. The number of pyridine rings is 1. The Morgan fingerprint density at radius 1 is 1.22 bits per heavy atom. The Bertz CT molecular complexity index is 695. The predicted octanol–water partition coefficient (Wildman–Crippen LogP) is 2.82. The zero-order valence-corrected chi connectivity index (χ0v) is 14.1. The number of amides is 2. The third-order valence-corrected chi connectivity index (χ3v) is 4.58. The van der Waals surface area contributed by atoms with E-state index in [2.05, 4.69) is 34.1 Å². The molecule has 2 aromatic rings. The molecule has 0 bridgehead atoms. The summed E-state index contributed by atoms with van der Waals surface area (Å²) in [6, 6.07) is 10.7. The number of benzene rings is 1. The molecule has 1 aromatic carbocycles. The van der Waals surface area contributed by atoms with E-state index in [4.69, 9.17) is 0 Å². The van der Waals surface area contributed by atoms with Gasteiger partial charge in [-0.05, 0) is 24.3 Å². The molecule has 23 heavy (non-hydrogen) atoms. The van der Waals surface area contributed by atoms with E-state index in [0.717, 1.165) is 31.7 Å². The van der Waals surface area contributed by atoms with Gasteiger partial charge in [0.1, 0.15) is 5.82 Å². The van der Waals surface area contributed by atoms with E-state index in [1.807, 2.05) is 24.2 Å². The molecule has 2 amide bonds. The smallest absolute Gasteiger partial charge is 0.319 e. The van der Waals surface area contributed by atoms with Crippen LogP contribution < -0.4 is 4.90 Å². The van der Waals surface area contributed by atoms with Crippen molar-refractivity contribution in [3.05, 3.63) is 36.5 Å². The van der Waals surface area contributed by atoms with Crippen LogP contribution in [-0.4, -0.2) is 61.1 Å². The van der Waals surface area contributed by atoms with E-state index in [0.29, 0.717) is 0 Å². The molecule has 1 aliphatic rings. The number of likely N-dealkylation sites (N-methyl/N-ethyl adjacent to an activating group) is 1. The lowest BCUT2D eigenvalue weighted by Gasteiger charge is -2.39. The van der Waals surface area contributed by atoms with Gasteiger partial charge in [-0.25, -0.2) is 9.78 Å². The number of anilines is 1. The molecule has 1 aromatic heterocycles. The van der Waals surface area contributed by atoms with Crippen molar-refractivity contribution in [3.8, 4) is 0 Å². The number of nitrogens with zero attached hydrogens (tertiary/aromatic N) is 4. The summed E-state index contributed by atoms with van der Waals surface area (Å²) in [7, 11) is 5.49. The Labute approximate surface area is 137 Å². The van der Waals surface area contributed by atoms with Gasteiger partial charge in [0.25, 0.3) is 0 Å². The molecule has 122 valence electrons. The molecule has 1 saturated heterocycles. The number of carbonyl (C=O) groups excluding carboxylic acids is 1. The number of carbonyl (C=O) groups is 1. The molecule has 0 spiro atoms. The molecule has 2 heterocycles. The minimum atomic E-state index is 0.0581. The maximum atomic E-state index is 12.2. The third kappa shape index (κ3) is 3.09. The fourth-order valence-corrected chi connectivity index (χ4v) is 3.29. The lowest BCUT2D eigenvalue weighted by atomic mass is 10.0. The van der Waals surface area contributed by atoms with Crippen LogP contribution in [-0.2, 0) is 0 Å². The van der Waals surface area contributed by atoms with Gasteiger partial charge in [0.15, 0.2) is 0 Å². The maximum absolute atomic E-state index is 12.2. The van der Waals surface area contributed by atoms with E-state index in [9.17, 15) is 4.79 Å². The topological polar surface area (TPSA) is 39.7 Å². The molecule has 0 aliphatic carbocycles. The van der Waals surface area contributed by atoms with Crippen molar-refractivity contribution in [1.82, 2.24) is 14.8 Å². The molecule has 1 atom stereocenters. The second-order valence-corrected chi connectivity index (χ2v) is 6.39. The average molecular weight is 312 g/mol. The zero-order chi connectivity index (χ0) is 16.4. The molecule has 5 heteroatoms. The summed E-state index contributed by atoms with van der Waals surface area (Å²) >= 11 is 0. The first kappa shape index (κ1) is 15.6. The van der Waals surface area contributed by atoms with Crippen molar-refractivity contribution < 1.29 is 4.79 Å². The number of hydrogen-bond donors (Lipinski definition) is 0. The van der Waals surface area contributed by atoms with Crippen LogP contribution in [0.2, 0.25) is 0 Å². The van der Waals surface area contributed by atoms with Gasteiger partial charge in [0.05, 0.1) is 6.04 Å². The second-order valence-electron chi connectivity index (χ2n) is 6.39. The molecule has 0 radical (unpaired) electrons. The third-order valence-electron chi connectivity index (χ3n) is 4.58. The van der Waals surface area contributed by atoms with Gasteiger partial charge < -0.3 is 14.7 Å². The molecule has 1 fully saturated rings. The zero-order valence-electron chi connectivity index (χ0n) is 14.1. The minimum Gasteiger partial charge on any atom is -0.354 e. The van der Waals surface area contributed by atoms with Crippen molar-refractivity contribution in [2.75, 3.05) is 39.1 Å². The van der Waals surface area contributed by atoms with Crippen molar-refractivity contribution in [2.24, 2.45) is 0 Å². The van der Waals surface area contributed by atoms with Gasteiger partial charge in [0, 0.05) is 45.8 Å². The van der Waals surface area contributed by atoms with Gasteiger partial charge in [0.2, 0.25) is 0 Å². The summed E-state index contributed by atoms with van der Waals surface area (Å²) in [5.74, 6) is 1.03. The van der Waals surface area contributed by atoms with Crippen molar-refractivity contribution in [1.29, 1.82) is 0 Å². The highest BCUT2D eigenvalue weighted by molar-refractivity contribution is 5.92. The van der Waals surface area contributed by atoms with E-state index in [-0.39, 0.29) is 12.1 Å². The van der Waals surface area contributed by atoms with Crippen LogP contribution in [0, 0.1) is 0 Å². The molecule has 1 unspecified atom stereocenters. The van der Waals surface area contributed by atoms with Gasteiger partial charge in [-0.2, -0.15) is 0 Å². The Hall–Kier alpha value is -2.30. The summed E-state index contributed by atoms with van der Waals surface area (Å²) in [5, 5.41) is 2.38. The lowest BCUT2D eigenvalue weighted by molar-refractivity contribution is 0.157. The van der Waals surface area contributed by atoms with Crippen LogP contribution >= 0.6 is 0 Å². The Morgan fingerprint density at radius 3 is 2.78 bits per heavy atom. The van der Waals surface area contributed by atoms with E-state index in [1.54, 1.807) is 19.0 Å². The Kier molecular flexibility index (Phi) is 4.37. The van der Waals surface area contributed by atoms with Crippen LogP contribution in [0.1, 0.15) is 12.8 Å². The van der Waals surface area contributed by atoms with E-state index >= 15 is 0 Å². The van der Waals surface area contributed by atoms with Crippen molar-refractivity contribution in [3.63, 3.8) is 0 Å². The van der Waals surface area contributed by atoms with Gasteiger partial charge >= 0.3 is 6.03 Å². The standard InChI is InChI=1S/C18H24N4O/c1-20(2)18(23)21(3)15-8-6-12-22(13-15)17-16-9-5-4-7-14(16)10-11-19-17/h4-5,7,9-11,15H,6,8,12-13H2,1-3H3. The summed E-state index contributed by atoms with van der Waals surface area (Å²) in [4.78, 5) is 22.6. The molecular formula is C18H24N4O. The molecule has 3 rings (SSSR count). The van der Waals surface area contributed by atoms with E-state index in [1.165, 1.54) is 10.8 Å². The quantitative estimate of drug-likeness (QED) is 0.856. The van der Waals surface area contributed by atoms with Crippen LogP contribution in [0.3, 0.4) is 0 Å². The number of piperidine rings is 1. The van der Waals surface area contributed by atoms with Crippen LogP contribution in [0.5, 0.6) is 0 Å². The van der Waals surface area contributed by atoms with Crippen molar-refractivity contribution >= 4 is 22.6 Å². The minimum absolute atomic E-state index is 0.0581. The lowest BCUT2D eigenvalue weighted by Crippen LogP contribution is -2.51. The summed E-state index contributed by atoms with van der Waals surface area (Å²) in [6.45, 7) is 1.82. The van der Waals surface area contributed by atoms with Crippen LogP contribution in [0.15, 0.2) is 36.5 Å². The first-order valence-corrected chi connectivity index (χ1v) is 8.10. The fourth-order valence-electron chi connectivity index (χ4n) is 3.29. The molecule has 1 aliphatic heterocycles. The number of fused-ring (bicyclic) bond motifs is 1. The first-order chi connectivity index (χ1) is 11.1. The maximum Gasteiger partial charge on any atom is 0.319 e. The van der Waals surface area contributed by atoms with Gasteiger partial charge in [-0.15, -0.1) is 0 Å². The number of aromatic nitrogens is 1. The van der Waals surface area contributed by atoms with Crippen molar-refractivity contribution in [2.45, 2.75) is 18.9 Å². The summed E-state index contributed by atoms with van der Waals surface area (Å²) in [6.07, 6.45) is 3.98. The normalized spacial score (nSPS) is 18.0. The highest BCUT2D eigenvalue weighted by atomic mass is 16.2. The van der Waals surface area contributed by atoms with Gasteiger partial charge in [-0.1, -0.05) is 24.3 Å². The highest BCUT2D eigenvalue weighted by Gasteiger charge is 2.28. The first-order valence-electron chi connectivity index (χ1n) is 8.10. The Morgan fingerprint density at radius 2 is 2.00 bits per heavy atom. The predicted molar refractivity (Wildman–Crippen MR) is 93.8 cm³/mol. The largest absolute Gasteiger partial charge is 0.354 e. The summed E-state index contributed by atoms with van der Waals surface area (Å²) < 4.78 is 0. The number of hydrogen-bond acceptors (Lipinski definition) is 3.